The van der Waals surface area contributed by atoms with Crippen molar-refractivity contribution in [1.82, 2.24) is 0 Å². The molecular formula is C14H14S2. The Bertz CT molecular complexity index is 487. The predicted molar refractivity (Wildman–Crippen MR) is 73.7 cm³/mol. The summed E-state index contributed by atoms with van der Waals surface area (Å²) in [6, 6.07) is 14.8. The molecule has 16 heavy (non-hydrogen) atoms. The summed E-state index contributed by atoms with van der Waals surface area (Å²) in [5.74, 6) is 0. The number of thiol groups is 1. The Hall–Kier alpha value is -0.860. The lowest BCUT2D eigenvalue weighted by Gasteiger charge is -2.06. The van der Waals surface area contributed by atoms with Gasteiger partial charge in [0.25, 0.3) is 0 Å². The van der Waals surface area contributed by atoms with E-state index in [1.807, 2.05) is 6.07 Å². The van der Waals surface area contributed by atoms with Gasteiger partial charge in [0.2, 0.25) is 0 Å². The van der Waals surface area contributed by atoms with Crippen molar-refractivity contribution < 1.29 is 0 Å². The van der Waals surface area contributed by atoms with Crippen LogP contribution in [-0.4, -0.2) is 0 Å². The Morgan fingerprint density at radius 1 is 0.938 bits per heavy atom. The first-order chi connectivity index (χ1) is 7.65. The van der Waals surface area contributed by atoms with E-state index in [2.05, 4.69) is 62.9 Å². The highest BCUT2D eigenvalue weighted by Crippen LogP contribution is 2.31. The molecule has 0 radical (unpaired) electrons. The molecule has 2 heteroatoms. The van der Waals surface area contributed by atoms with Crippen molar-refractivity contribution in [2.45, 2.75) is 28.5 Å². The van der Waals surface area contributed by atoms with Crippen molar-refractivity contribution in [2.24, 2.45) is 0 Å². The van der Waals surface area contributed by atoms with Crippen LogP contribution in [-0.2, 0) is 0 Å². The molecule has 2 aromatic carbocycles. The predicted octanol–water partition coefficient (Wildman–Crippen LogP) is 4.74. The maximum absolute atomic E-state index is 4.37. The lowest BCUT2D eigenvalue weighted by molar-refractivity contribution is 1.23. The normalized spacial score (nSPS) is 10.4. The molecular weight excluding hydrogens is 232 g/mol. The minimum Gasteiger partial charge on any atom is -0.143 e. The zero-order valence-electron chi connectivity index (χ0n) is 9.40. The van der Waals surface area contributed by atoms with Crippen LogP contribution in [0.4, 0.5) is 0 Å². The monoisotopic (exact) mass is 246 g/mol. The molecule has 0 unspecified atom stereocenters. The Balaban J connectivity index is 2.26. The van der Waals surface area contributed by atoms with Crippen LogP contribution < -0.4 is 0 Å². The van der Waals surface area contributed by atoms with Gasteiger partial charge in [-0.15, -0.1) is 12.6 Å². The van der Waals surface area contributed by atoms with Crippen molar-refractivity contribution in [1.29, 1.82) is 0 Å². The van der Waals surface area contributed by atoms with Gasteiger partial charge in [0.15, 0.2) is 0 Å². The minimum absolute atomic E-state index is 1.01. The standard InChI is InChI=1S/C14H14S2/c1-10-3-7-13(8-4-10)16-14-9-12(15)6-5-11(14)2/h3-9,15H,1-2H3. The fourth-order valence-corrected chi connectivity index (χ4v) is 2.66. The molecule has 82 valence electrons. The van der Waals surface area contributed by atoms with Gasteiger partial charge >= 0.3 is 0 Å². The summed E-state index contributed by atoms with van der Waals surface area (Å²) < 4.78 is 0. The van der Waals surface area contributed by atoms with Gasteiger partial charge in [0.1, 0.15) is 0 Å². The number of rotatable bonds is 2. The van der Waals surface area contributed by atoms with Crippen LogP contribution in [0.2, 0.25) is 0 Å². The molecule has 0 nitrogen and oxygen atoms in total. The van der Waals surface area contributed by atoms with Crippen LogP contribution in [0.1, 0.15) is 11.1 Å². The molecule has 0 aliphatic carbocycles. The van der Waals surface area contributed by atoms with E-state index in [1.54, 1.807) is 11.8 Å². The Morgan fingerprint density at radius 2 is 1.62 bits per heavy atom. The molecule has 0 amide bonds. The van der Waals surface area contributed by atoms with Gasteiger partial charge in [-0.1, -0.05) is 35.5 Å². The summed E-state index contributed by atoms with van der Waals surface area (Å²) in [6.45, 7) is 4.23. The second-order valence-corrected chi connectivity index (χ2v) is 5.50. The SMILES string of the molecule is Cc1ccc(Sc2cc(S)ccc2C)cc1. The first-order valence-corrected chi connectivity index (χ1v) is 6.45. The minimum atomic E-state index is 1.01. The van der Waals surface area contributed by atoms with E-state index in [0.717, 1.165) is 4.90 Å². The quantitative estimate of drug-likeness (QED) is 0.747. The Morgan fingerprint density at radius 3 is 2.31 bits per heavy atom. The number of hydrogen-bond acceptors (Lipinski definition) is 2. The summed E-state index contributed by atoms with van der Waals surface area (Å²) >= 11 is 6.16. The molecule has 0 aliphatic rings. The molecule has 0 heterocycles. The van der Waals surface area contributed by atoms with E-state index in [0.29, 0.717) is 0 Å². The van der Waals surface area contributed by atoms with E-state index in [1.165, 1.54) is 20.9 Å². The fraction of sp³-hybridized carbons (Fsp3) is 0.143. The van der Waals surface area contributed by atoms with Crippen LogP contribution in [0.3, 0.4) is 0 Å². The zero-order valence-corrected chi connectivity index (χ0v) is 11.1. The van der Waals surface area contributed by atoms with Gasteiger partial charge in [-0.25, -0.2) is 0 Å². The third-order valence-corrected chi connectivity index (χ3v) is 3.87. The maximum atomic E-state index is 4.37. The molecule has 0 saturated carbocycles. The summed E-state index contributed by atoms with van der Waals surface area (Å²) in [4.78, 5) is 3.56. The van der Waals surface area contributed by atoms with Crippen LogP contribution >= 0.6 is 24.4 Å². The van der Waals surface area contributed by atoms with Gasteiger partial charge in [0.05, 0.1) is 0 Å². The summed E-state index contributed by atoms with van der Waals surface area (Å²) in [6.07, 6.45) is 0. The number of aryl methyl sites for hydroxylation is 2. The highest BCUT2D eigenvalue weighted by atomic mass is 32.2. The van der Waals surface area contributed by atoms with Crippen molar-refractivity contribution in [3.63, 3.8) is 0 Å². The lowest BCUT2D eigenvalue weighted by atomic mass is 10.2. The lowest BCUT2D eigenvalue weighted by Crippen LogP contribution is -1.80. The zero-order chi connectivity index (χ0) is 11.5. The third-order valence-electron chi connectivity index (χ3n) is 2.42. The Labute approximate surface area is 106 Å². The van der Waals surface area contributed by atoms with Crippen molar-refractivity contribution >= 4 is 24.4 Å². The van der Waals surface area contributed by atoms with Gasteiger partial charge in [-0.2, -0.15) is 0 Å². The molecule has 2 aromatic rings. The summed E-state index contributed by atoms with van der Waals surface area (Å²) in [5, 5.41) is 0. The van der Waals surface area contributed by atoms with Crippen LogP contribution in [0.25, 0.3) is 0 Å². The van der Waals surface area contributed by atoms with E-state index >= 15 is 0 Å². The fourth-order valence-electron chi connectivity index (χ4n) is 1.43. The smallest absolute Gasteiger partial charge is 0.0162 e. The molecule has 2 rings (SSSR count). The second-order valence-electron chi connectivity index (χ2n) is 3.86. The molecule has 0 N–H and O–H groups in total. The van der Waals surface area contributed by atoms with Gasteiger partial charge in [0, 0.05) is 14.7 Å². The largest absolute Gasteiger partial charge is 0.143 e. The van der Waals surface area contributed by atoms with Gasteiger partial charge in [-0.3, -0.25) is 0 Å². The van der Waals surface area contributed by atoms with Crippen LogP contribution in [0.5, 0.6) is 0 Å². The number of hydrogen-bond donors (Lipinski definition) is 1. The molecule has 0 saturated heterocycles. The summed E-state index contributed by atoms with van der Waals surface area (Å²) in [5.41, 5.74) is 2.59. The van der Waals surface area contributed by atoms with Crippen molar-refractivity contribution in [3.05, 3.63) is 53.6 Å². The Kier molecular flexibility index (Phi) is 3.62. The molecule has 0 atom stereocenters. The topological polar surface area (TPSA) is 0 Å². The molecule has 0 bridgehead atoms. The van der Waals surface area contributed by atoms with Gasteiger partial charge in [-0.05, 0) is 43.7 Å². The molecule has 0 spiro atoms. The van der Waals surface area contributed by atoms with Crippen LogP contribution in [0.15, 0.2) is 57.2 Å². The average molecular weight is 246 g/mol. The molecule has 0 aromatic heterocycles. The summed E-state index contributed by atoms with van der Waals surface area (Å²) in [7, 11) is 0. The second kappa shape index (κ2) is 4.98. The van der Waals surface area contributed by atoms with E-state index in [4.69, 9.17) is 0 Å². The van der Waals surface area contributed by atoms with Crippen molar-refractivity contribution in [3.8, 4) is 0 Å². The first-order valence-electron chi connectivity index (χ1n) is 5.19. The van der Waals surface area contributed by atoms with E-state index < -0.39 is 0 Å². The third kappa shape index (κ3) is 2.83. The van der Waals surface area contributed by atoms with Gasteiger partial charge < -0.3 is 0 Å². The highest BCUT2D eigenvalue weighted by Gasteiger charge is 2.01. The maximum Gasteiger partial charge on any atom is 0.0162 e. The average Bonchev–Trinajstić information content (AvgIpc) is 2.27. The number of benzene rings is 2. The van der Waals surface area contributed by atoms with Crippen LogP contribution in [0, 0.1) is 13.8 Å². The molecule has 0 fully saturated rings. The first kappa shape index (κ1) is 11.6. The van der Waals surface area contributed by atoms with Crippen molar-refractivity contribution in [2.75, 3.05) is 0 Å². The van der Waals surface area contributed by atoms with E-state index in [9.17, 15) is 0 Å². The highest BCUT2D eigenvalue weighted by molar-refractivity contribution is 7.99. The van der Waals surface area contributed by atoms with E-state index in [-0.39, 0.29) is 0 Å². The molecule has 0 aliphatic heterocycles.